The number of hydrogen-bond donors (Lipinski definition) is 1. The van der Waals surface area contributed by atoms with E-state index in [0.717, 1.165) is 18.6 Å². The lowest BCUT2D eigenvalue weighted by Gasteiger charge is -2.07. The topological polar surface area (TPSA) is 46.2 Å². The van der Waals surface area contributed by atoms with E-state index in [2.05, 4.69) is 4.72 Å². The molecule has 0 aliphatic heterocycles. The Balaban J connectivity index is 2.90. The maximum Gasteiger partial charge on any atom is 0.243 e. The van der Waals surface area contributed by atoms with E-state index in [-0.39, 0.29) is 9.92 Å². The molecule has 3 nitrogen and oxygen atoms in total. The Bertz CT molecular complexity index is 462. The summed E-state index contributed by atoms with van der Waals surface area (Å²) >= 11 is 5.54. The van der Waals surface area contributed by atoms with E-state index in [1.165, 1.54) is 6.07 Å². The molecule has 0 aliphatic rings. The van der Waals surface area contributed by atoms with Crippen LogP contribution in [-0.4, -0.2) is 15.0 Å². The van der Waals surface area contributed by atoms with Crippen molar-refractivity contribution in [3.05, 3.63) is 29.0 Å². The molecule has 0 aromatic heterocycles. The van der Waals surface area contributed by atoms with Crippen LogP contribution in [0.2, 0.25) is 5.02 Å². The monoisotopic (exact) mass is 265 g/mol. The largest absolute Gasteiger partial charge is 0.243 e. The molecule has 0 atom stereocenters. The molecule has 16 heavy (non-hydrogen) atoms. The average molecular weight is 266 g/mol. The fraction of sp³-hybridized carbons (Fsp3) is 0.400. The number of hydrogen-bond acceptors (Lipinski definition) is 2. The summed E-state index contributed by atoms with van der Waals surface area (Å²) in [5, 5.41) is 0.171. The summed E-state index contributed by atoms with van der Waals surface area (Å²) in [6.45, 7) is 2.25. The molecule has 1 rings (SSSR count). The molecule has 1 aromatic rings. The van der Waals surface area contributed by atoms with Gasteiger partial charge in [0.1, 0.15) is 10.7 Å². The van der Waals surface area contributed by atoms with Crippen molar-refractivity contribution in [1.82, 2.24) is 4.72 Å². The van der Waals surface area contributed by atoms with Crippen LogP contribution in [0.4, 0.5) is 4.39 Å². The molecule has 1 N–H and O–H groups in total. The Hall–Kier alpha value is -0.650. The van der Waals surface area contributed by atoms with Crippen LogP contribution < -0.4 is 4.72 Å². The molecule has 1 aromatic carbocycles. The summed E-state index contributed by atoms with van der Waals surface area (Å²) in [4.78, 5) is -0.368. The van der Waals surface area contributed by atoms with E-state index >= 15 is 0 Å². The Morgan fingerprint density at radius 1 is 1.44 bits per heavy atom. The summed E-state index contributed by atoms with van der Waals surface area (Å²) in [6, 6.07) is 3.49. The van der Waals surface area contributed by atoms with E-state index in [1.807, 2.05) is 6.92 Å². The van der Waals surface area contributed by atoms with Gasteiger partial charge in [-0.05, 0) is 24.6 Å². The Labute approximate surface area is 99.7 Å². The fourth-order valence-electron chi connectivity index (χ4n) is 1.15. The second kappa shape index (κ2) is 5.61. The van der Waals surface area contributed by atoms with E-state index in [9.17, 15) is 12.8 Å². The lowest BCUT2D eigenvalue weighted by Crippen LogP contribution is -2.25. The number of nitrogens with one attached hydrogen (secondary N) is 1. The molecule has 90 valence electrons. The van der Waals surface area contributed by atoms with Crippen molar-refractivity contribution in [2.24, 2.45) is 0 Å². The van der Waals surface area contributed by atoms with Gasteiger partial charge in [0.05, 0.1) is 0 Å². The van der Waals surface area contributed by atoms with Crippen molar-refractivity contribution >= 4 is 21.6 Å². The van der Waals surface area contributed by atoms with Crippen molar-refractivity contribution in [3.63, 3.8) is 0 Å². The van der Waals surface area contributed by atoms with Gasteiger partial charge in [0.2, 0.25) is 10.0 Å². The van der Waals surface area contributed by atoms with Gasteiger partial charge in [0, 0.05) is 11.6 Å². The maximum atomic E-state index is 13.4. The van der Waals surface area contributed by atoms with Crippen molar-refractivity contribution in [2.45, 2.75) is 24.7 Å². The quantitative estimate of drug-likeness (QED) is 0.832. The average Bonchev–Trinajstić information content (AvgIpc) is 2.17. The van der Waals surface area contributed by atoms with Crippen LogP contribution in [0.25, 0.3) is 0 Å². The van der Waals surface area contributed by atoms with E-state index in [4.69, 9.17) is 11.6 Å². The smallest absolute Gasteiger partial charge is 0.211 e. The molecule has 0 radical (unpaired) electrons. The molecule has 0 fully saturated rings. The van der Waals surface area contributed by atoms with Crippen LogP contribution in [0.3, 0.4) is 0 Å². The van der Waals surface area contributed by atoms with Crippen molar-refractivity contribution in [2.75, 3.05) is 6.54 Å². The molecule has 0 saturated carbocycles. The van der Waals surface area contributed by atoms with E-state index < -0.39 is 15.8 Å². The maximum absolute atomic E-state index is 13.4. The number of unbranched alkanes of at least 4 members (excludes halogenated alkanes) is 1. The number of sulfonamides is 1. The van der Waals surface area contributed by atoms with E-state index in [0.29, 0.717) is 13.0 Å². The minimum atomic E-state index is -3.76. The van der Waals surface area contributed by atoms with Gasteiger partial charge in [-0.2, -0.15) is 0 Å². The predicted molar refractivity (Wildman–Crippen MR) is 61.5 cm³/mol. The van der Waals surface area contributed by atoms with Crippen LogP contribution in [0.15, 0.2) is 23.1 Å². The summed E-state index contributed by atoms with van der Waals surface area (Å²) in [5.41, 5.74) is 0. The zero-order valence-electron chi connectivity index (χ0n) is 8.83. The summed E-state index contributed by atoms with van der Waals surface area (Å²) < 4.78 is 39.0. The van der Waals surface area contributed by atoms with Gasteiger partial charge in [0.25, 0.3) is 0 Å². The third-order valence-electron chi connectivity index (χ3n) is 2.01. The Kier molecular flexibility index (Phi) is 4.70. The highest BCUT2D eigenvalue weighted by atomic mass is 35.5. The van der Waals surface area contributed by atoms with Gasteiger partial charge in [-0.1, -0.05) is 24.9 Å². The fourth-order valence-corrected chi connectivity index (χ4v) is 2.44. The third-order valence-corrected chi connectivity index (χ3v) is 3.74. The van der Waals surface area contributed by atoms with Gasteiger partial charge >= 0.3 is 0 Å². The molecule has 0 unspecified atom stereocenters. The molecule has 0 spiro atoms. The van der Waals surface area contributed by atoms with Crippen LogP contribution >= 0.6 is 11.6 Å². The van der Waals surface area contributed by atoms with Gasteiger partial charge in [-0.15, -0.1) is 0 Å². The molecule has 6 heteroatoms. The van der Waals surface area contributed by atoms with Gasteiger partial charge < -0.3 is 0 Å². The van der Waals surface area contributed by atoms with Crippen LogP contribution in [0.1, 0.15) is 19.8 Å². The Morgan fingerprint density at radius 3 is 2.69 bits per heavy atom. The molecule has 0 saturated heterocycles. The first-order valence-electron chi connectivity index (χ1n) is 4.92. The summed E-state index contributed by atoms with van der Waals surface area (Å²) in [7, 11) is -3.76. The number of rotatable bonds is 5. The minimum Gasteiger partial charge on any atom is -0.211 e. The lowest BCUT2D eigenvalue weighted by atomic mass is 10.3. The highest BCUT2D eigenvalue weighted by Gasteiger charge is 2.18. The van der Waals surface area contributed by atoms with E-state index in [1.54, 1.807) is 0 Å². The summed E-state index contributed by atoms with van der Waals surface area (Å²) in [6.07, 6.45) is 1.58. The van der Waals surface area contributed by atoms with Gasteiger partial charge in [-0.25, -0.2) is 17.5 Å². The second-order valence-corrected chi connectivity index (χ2v) is 5.50. The van der Waals surface area contributed by atoms with Crippen LogP contribution in [-0.2, 0) is 10.0 Å². The molecular weight excluding hydrogens is 253 g/mol. The highest BCUT2D eigenvalue weighted by molar-refractivity contribution is 7.89. The lowest BCUT2D eigenvalue weighted by molar-refractivity contribution is 0.555. The van der Waals surface area contributed by atoms with Crippen LogP contribution in [0.5, 0.6) is 0 Å². The second-order valence-electron chi connectivity index (χ2n) is 3.33. The minimum absolute atomic E-state index is 0.171. The first-order valence-corrected chi connectivity index (χ1v) is 6.78. The van der Waals surface area contributed by atoms with Crippen molar-refractivity contribution < 1.29 is 12.8 Å². The predicted octanol–water partition coefficient (Wildman–Crippen LogP) is 2.56. The number of benzene rings is 1. The SMILES string of the molecule is CCCCNS(=O)(=O)c1ccc(Cl)cc1F. The first kappa shape index (κ1) is 13.4. The highest BCUT2D eigenvalue weighted by Crippen LogP contribution is 2.18. The molecule has 0 amide bonds. The third kappa shape index (κ3) is 3.43. The van der Waals surface area contributed by atoms with Crippen molar-refractivity contribution in [1.29, 1.82) is 0 Å². The van der Waals surface area contributed by atoms with Crippen LogP contribution in [0, 0.1) is 5.82 Å². The number of halogens is 2. The zero-order valence-corrected chi connectivity index (χ0v) is 10.4. The van der Waals surface area contributed by atoms with Gasteiger partial charge in [-0.3, -0.25) is 0 Å². The summed E-state index contributed by atoms with van der Waals surface area (Å²) in [5.74, 6) is -0.837. The molecule has 0 heterocycles. The standard InChI is InChI=1S/C10H13ClFNO2S/c1-2-3-6-13-16(14,15)10-5-4-8(11)7-9(10)12/h4-5,7,13H,2-3,6H2,1H3. The zero-order chi connectivity index (χ0) is 12.2. The normalized spacial score (nSPS) is 11.7. The first-order chi connectivity index (χ1) is 7.47. The molecule has 0 bridgehead atoms. The Morgan fingerprint density at radius 2 is 2.12 bits per heavy atom. The van der Waals surface area contributed by atoms with Gasteiger partial charge in [0.15, 0.2) is 0 Å². The van der Waals surface area contributed by atoms with Crippen molar-refractivity contribution in [3.8, 4) is 0 Å². The molecule has 0 aliphatic carbocycles. The molecular formula is C10H13ClFNO2S.